The van der Waals surface area contributed by atoms with Gasteiger partial charge in [0.15, 0.2) is 0 Å². The Kier molecular flexibility index (Phi) is 3.36. The molecule has 0 aromatic heterocycles. The second kappa shape index (κ2) is 4.16. The normalized spacial score (nSPS) is 19.1. The van der Waals surface area contributed by atoms with Crippen LogP contribution in [0.2, 0.25) is 0 Å². The molecule has 0 radical (unpaired) electrons. The highest BCUT2D eigenvalue weighted by atomic mass is 19.4. The average molecular weight is 210 g/mol. The van der Waals surface area contributed by atoms with E-state index < -0.39 is 24.7 Å². The van der Waals surface area contributed by atoms with E-state index in [2.05, 4.69) is 0 Å². The molecule has 1 saturated carbocycles. The number of carbonyl (C=O) groups is 1. The van der Waals surface area contributed by atoms with E-state index in [4.69, 9.17) is 5.73 Å². The summed E-state index contributed by atoms with van der Waals surface area (Å²) in [6.45, 7) is -0.611. The number of alkyl halides is 3. The van der Waals surface area contributed by atoms with E-state index in [0.717, 1.165) is 12.8 Å². The van der Waals surface area contributed by atoms with Crippen LogP contribution < -0.4 is 11.1 Å². The van der Waals surface area contributed by atoms with Gasteiger partial charge in [-0.3, -0.25) is 4.79 Å². The second-order valence-corrected chi connectivity index (χ2v) is 3.54. The lowest BCUT2D eigenvalue weighted by Gasteiger charge is -2.19. The van der Waals surface area contributed by atoms with Crippen molar-refractivity contribution in [3.05, 3.63) is 0 Å². The van der Waals surface area contributed by atoms with Crippen LogP contribution in [-0.4, -0.2) is 24.7 Å². The third kappa shape index (κ3) is 3.53. The van der Waals surface area contributed by atoms with Crippen molar-refractivity contribution in [2.75, 3.05) is 6.54 Å². The average Bonchev–Trinajstić information content (AvgIpc) is 2.81. The molecule has 3 N–H and O–H groups in total. The molecule has 1 aliphatic carbocycles. The van der Waals surface area contributed by atoms with E-state index in [9.17, 15) is 18.0 Å². The lowest BCUT2D eigenvalue weighted by molar-refractivity contribution is -0.159. The molecule has 0 bridgehead atoms. The maximum Gasteiger partial charge on any atom is 0.409 e. The quantitative estimate of drug-likeness (QED) is 0.720. The Morgan fingerprint density at radius 1 is 1.50 bits per heavy atom. The Hall–Kier alpha value is -0.780. The molecule has 1 aliphatic rings. The zero-order chi connectivity index (χ0) is 10.8. The van der Waals surface area contributed by atoms with Gasteiger partial charge >= 0.3 is 6.18 Å². The van der Waals surface area contributed by atoms with Gasteiger partial charge < -0.3 is 11.1 Å². The predicted molar refractivity (Wildman–Crippen MR) is 44.4 cm³/mol. The van der Waals surface area contributed by atoms with Crippen LogP contribution in [0.5, 0.6) is 0 Å². The van der Waals surface area contributed by atoms with Gasteiger partial charge in [-0.05, 0) is 18.8 Å². The summed E-state index contributed by atoms with van der Waals surface area (Å²) < 4.78 is 36.4. The van der Waals surface area contributed by atoms with Crippen LogP contribution >= 0.6 is 0 Å². The topological polar surface area (TPSA) is 55.1 Å². The van der Waals surface area contributed by atoms with Crippen molar-refractivity contribution < 1.29 is 18.0 Å². The van der Waals surface area contributed by atoms with E-state index in [1.54, 1.807) is 0 Å². The zero-order valence-electron chi connectivity index (χ0n) is 7.60. The van der Waals surface area contributed by atoms with Crippen molar-refractivity contribution in [3.63, 3.8) is 0 Å². The van der Waals surface area contributed by atoms with Gasteiger partial charge in [-0.1, -0.05) is 0 Å². The van der Waals surface area contributed by atoms with Crippen LogP contribution in [0, 0.1) is 5.92 Å². The van der Waals surface area contributed by atoms with E-state index in [0.29, 0.717) is 0 Å². The first-order valence-electron chi connectivity index (χ1n) is 4.49. The number of nitrogens with one attached hydrogen (secondary N) is 1. The van der Waals surface area contributed by atoms with Gasteiger partial charge in [-0.2, -0.15) is 13.2 Å². The van der Waals surface area contributed by atoms with E-state index >= 15 is 0 Å². The standard InChI is InChI=1S/C8H13F3N2O/c9-8(10,11)6(4-12)13-7(14)3-5-1-2-5/h5-6H,1-4,12H2,(H,13,14). The van der Waals surface area contributed by atoms with Crippen LogP contribution in [0.25, 0.3) is 0 Å². The van der Waals surface area contributed by atoms with Gasteiger partial charge in [0.05, 0.1) is 0 Å². The van der Waals surface area contributed by atoms with Crippen LogP contribution in [0.15, 0.2) is 0 Å². The molecule has 3 nitrogen and oxygen atoms in total. The fraction of sp³-hybridized carbons (Fsp3) is 0.875. The number of rotatable bonds is 4. The Labute approximate surface area is 79.8 Å². The summed E-state index contributed by atoms with van der Waals surface area (Å²) in [4.78, 5) is 11.0. The molecule has 14 heavy (non-hydrogen) atoms. The fourth-order valence-corrected chi connectivity index (χ4v) is 1.11. The van der Waals surface area contributed by atoms with Crippen LogP contribution in [0.1, 0.15) is 19.3 Å². The third-order valence-electron chi connectivity index (χ3n) is 2.14. The Morgan fingerprint density at radius 3 is 2.43 bits per heavy atom. The number of nitrogens with two attached hydrogens (primary N) is 1. The van der Waals surface area contributed by atoms with Gasteiger partial charge in [0.1, 0.15) is 6.04 Å². The molecule has 1 atom stereocenters. The second-order valence-electron chi connectivity index (χ2n) is 3.54. The van der Waals surface area contributed by atoms with Crippen molar-refractivity contribution in [2.45, 2.75) is 31.5 Å². The first-order valence-corrected chi connectivity index (χ1v) is 4.49. The van der Waals surface area contributed by atoms with Crippen molar-refractivity contribution >= 4 is 5.91 Å². The number of hydrogen-bond donors (Lipinski definition) is 2. The molecular formula is C8H13F3N2O. The summed E-state index contributed by atoms with van der Waals surface area (Å²) in [7, 11) is 0. The Bertz CT molecular complexity index is 213. The van der Waals surface area contributed by atoms with Crippen LogP contribution in [0.4, 0.5) is 13.2 Å². The van der Waals surface area contributed by atoms with Gasteiger partial charge in [0.25, 0.3) is 0 Å². The molecule has 0 aliphatic heterocycles. The molecule has 0 saturated heterocycles. The number of halogens is 3. The highest BCUT2D eigenvalue weighted by Gasteiger charge is 2.40. The Morgan fingerprint density at radius 2 is 2.07 bits per heavy atom. The molecule has 6 heteroatoms. The molecule has 1 amide bonds. The lowest BCUT2D eigenvalue weighted by Crippen LogP contribution is -2.50. The minimum Gasteiger partial charge on any atom is -0.343 e. The van der Waals surface area contributed by atoms with Crippen molar-refractivity contribution in [1.29, 1.82) is 0 Å². The monoisotopic (exact) mass is 210 g/mol. The van der Waals surface area contributed by atoms with Crippen molar-refractivity contribution in [1.82, 2.24) is 5.32 Å². The zero-order valence-corrected chi connectivity index (χ0v) is 7.60. The lowest BCUT2D eigenvalue weighted by atomic mass is 10.2. The molecule has 1 fully saturated rings. The number of hydrogen-bond acceptors (Lipinski definition) is 2. The number of carbonyl (C=O) groups excluding carboxylic acids is 1. The summed E-state index contributed by atoms with van der Waals surface area (Å²) in [6.07, 6.45) is -2.39. The van der Waals surface area contributed by atoms with E-state index in [-0.39, 0.29) is 12.3 Å². The van der Waals surface area contributed by atoms with Crippen LogP contribution in [0.3, 0.4) is 0 Å². The van der Waals surface area contributed by atoms with Crippen molar-refractivity contribution in [3.8, 4) is 0 Å². The third-order valence-corrected chi connectivity index (χ3v) is 2.14. The molecule has 1 rings (SSSR count). The molecule has 0 spiro atoms. The van der Waals surface area contributed by atoms with Gasteiger partial charge in [0.2, 0.25) is 5.91 Å². The van der Waals surface area contributed by atoms with Crippen LogP contribution in [-0.2, 0) is 4.79 Å². The van der Waals surface area contributed by atoms with Gasteiger partial charge in [-0.25, -0.2) is 0 Å². The van der Waals surface area contributed by atoms with Gasteiger partial charge in [-0.15, -0.1) is 0 Å². The highest BCUT2D eigenvalue weighted by Crippen LogP contribution is 2.32. The first kappa shape index (κ1) is 11.3. The highest BCUT2D eigenvalue weighted by molar-refractivity contribution is 5.76. The minimum absolute atomic E-state index is 0.187. The van der Waals surface area contributed by atoms with Crippen molar-refractivity contribution in [2.24, 2.45) is 11.7 Å². The number of amides is 1. The first-order chi connectivity index (χ1) is 6.43. The molecule has 82 valence electrons. The smallest absolute Gasteiger partial charge is 0.343 e. The summed E-state index contributed by atoms with van der Waals surface area (Å²) >= 11 is 0. The molecule has 1 unspecified atom stereocenters. The van der Waals surface area contributed by atoms with E-state index in [1.165, 1.54) is 0 Å². The SMILES string of the molecule is NCC(NC(=O)CC1CC1)C(F)(F)F. The largest absolute Gasteiger partial charge is 0.409 e. The maximum absolute atomic E-state index is 12.1. The summed E-state index contributed by atoms with van der Waals surface area (Å²) in [5.74, 6) is -0.276. The maximum atomic E-state index is 12.1. The summed E-state index contributed by atoms with van der Waals surface area (Å²) in [6, 6.07) is -1.91. The molecule has 0 aromatic carbocycles. The minimum atomic E-state index is -4.45. The molecular weight excluding hydrogens is 197 g/mol. The Balaban J connectivity index is 2.34. The molecule has 0 aromatic rings. The predicted octanol–water partition coefficient (Wildman–Crippen LogP) is 0.792. The molecule has 0 heterocycles. The van der Waals surface area contributed by atoms with Gasteiger partial charge in [0, 0.05) is 13.0 Å². The summed E-state index contributed by atoms with van der Waals surface area (Å²) in [5.41, 5.74) is 4.92. The summed E-state index contributed by atoms with van der Waals surface area (Å²) in [5, 5.41) is 1.89. The van der Waals surface area contributed by atoms with E-state index in [1.807, 2.05) is 5.32 Å². The fourth-order valence-electron chi connectivity index (χ4n) is 1.11.